The van der Waals surface area contributed by atoms with E-state index in [4.69, 9.17) is 44.3 Å². The topological polar surface area (TPSA) is 93.1 Å². The first kappa shape index (κ1) is 23.1. The second-order valence-electron chi connectivity index (χ2n) is 6.41. The van der Waals surface area contributed by atoms with Gasteiger partial charge in [0, 0.05) is 0 Å². The average Bonchev–Trinajstić information content (AvgIpc) is 2.63. The minimum Gasteiger partial charge on any atom is -0.507 e. The molecule has 0 saturated carbocycles. The monoisotopic (exact) mass is 460 g/mol. The van der Waals surface area contributed by atoms with Gasteiger partial charge in [0.05, 0.1) is 20.1 Å². The molecule has 0 fully saturated rings. The molecule has 2 aromatic rings. The van der Waals surface area contributed by atoms with E-state index in [1.165, 1.54) is 38.5 Å². The molecule has 0 amide bonds. The number of carbonyl (C=O) groups is 2. The van der Waals surface area contributed by atoms with Crippen LogP contribution in [0.5, 0.6) is 11.5 Å². The maximum absolute atomic E-state index is 12.0. The van der Waals surface area contributed by atoms with Gasteiger partial charge in [-0.05, 0) is 60.4 Å². The van der Waals surface area contributed by atoms with Crippen LogP contribution in [0.3, 0.4) is 0 Å². The third kappa shape index (κ3) is 4.71. The van der Waals surface area contributed by atoms with E-state index in [0.29, 0.717) is 22.3 Å². The van der Waals surface area contributed by atoms with Crippen molar-refractivity contribution >= 4 is 46.7 Å². The minimum atomic E-state index is -1.90. The van der Waals surface area contributed by atoms with Crippen LogP contribution in [0.2, 0.25) is 0 Å². The van der Waals surface area contributed by atoms with Crippen LogP contribution in [-0.2, 0) is 9.47 Å². The van der Waals surface area contributed by atoms with Crippen LogP contribution in [0, 0.1) is 13.8 Å². The van der Waals surface area contributed by atoms with E-state index >= 15 is 0 Å². The molecule has 0 atom stereocenters. The number of halogens is 3. The fraction of sp³-hybridized carbons (Fsp3) is 0.300. The molecule has 2 aromatic carbocycles. The van der Waals surface area contributed by atoms with Crippen molar-refractivity contribution in [2.24, 2.45) is 0 Å². The largest absolute Gasteiger partial charge is 0.507 e. The van der Waals surface area contributed by atoms with Crippen molar-refractivity contribution in [2.45, 2.75) is 23.6 Å². The van der Waals surface area contributed by atoms with E-state index in [1.807, 2.05) is 0 Å². The number of ether oxygens (including phenoxy) is 2. The van der Waals surface area contributed by atoms with E-state index < -0.39 is 21.6 Å². The number of aryl methyl sites for hydroxylation is 2. The molecule has 0 aliphatic carbocycles. The molecule has 2 N–H and O–H groups in total. The quantitative estimate of drug-likeness (QED) is 0.502. The lowest BCUT2D eigenvalue weighted by Gasteiger charge is -2.29. The first-order chi connectivity index (χ1) is 13.4. The Hall–Kier alpha value is -2.15. The van der Waals surface area contributed by atoms with E-state index in [-0.39, 0.29) is 22.6 Å². The highest BCUT2D eigenvalue weighted by atomic mass is 35.6. The molecule has 156 valence electrons. The maximum Gasteiger partial charge on any atom is 0.341 e. The van der Waals surface area contributed by atoms with Crippen molar-refractivity contribution < 1.29 is 29.3 Å². The lowest BCUT2D eigenvalue weighted by atomic mass is 9.85. The number of phenols is 2. The molecule has 0 bridgehead atoms. The van der Waals surface area contributed by atoms with E-state index in [0.717, 1.165) is 0 Å². The molecular weight excluding hydrogens is 443 g/mol. The predicted molar refractivity (Wildman–Crippen MR) is 110 cm³/mol. The second kappa shape index (κ2) is 8.69. The molecule has 6 nitrogen and oxygen atoms in total. The summed E-state index contributed by atoms with van der Waals surface area (Å²) < 4.78 is 7.49. The van der Waals surface area contributed by atoms with Gasteiger partial charge in [-0.3, -0.25) is 0 Å². The summed E-state index contributed by atoms with van der Waals surface area (Å²) in [5.74, 6) is -3.02. The predicted octanol–water partition coefficient (Wildman–Crippen LogP) is 4.79. The SMILES string of the molecule is COC(=O)c1cc(C(c2cc(C(=O)OC)c(O)cc2C)C(Cl)(Cl)Cl)c(C)cc1O. The van der Waals surface area contributed by atoms with Gasteiger partial charge in [-0.2, -0.15) is 0 Å². The Morgan fingerprint density at radius 2 is 1.17 bits per heavy atom. The van der Waals surface area contributed by atoms with E-state index in [1.54, 1.807) is 13.8 Å². The lowest BCUT2D eigenvalue weighted by Crippen LogP contribution is -2.22. The van der Waals surface area contributed by atoms with Crippen LogP contribution >= 0.6 is 34.8 Å². The van der Waals surface area contributed by atoms with Crippen molar-refractivity contribution in [1.29, 1.82) is 0 Å². The number of carbonyl (C=O) groups excluding carboxylic acids is 2. The fourth-order valence-corrected chi connectivity index (χ4v) is 3.81. The molecule has 0 saturated heterocycles. The zero-order valence-corrected chi connectivity index (χ0v) is 18.3. The molecule has 9 heteroatoms. The first-order valence-electron chi connectivity index (χ1n) is 8.32. The summed E-state index contributed by atoms with van der Waals surface area (Å²) in [6.07, 6.45) is 0. The fourth-order valence-electron chi connectivity index (χ4n) is 3.11. The Labute approximate surface area is 182 Å². The van der Waals surface area contributed by atoms with Crippen molar-refractivity contribution in [3.05, 3.63) is 57.6 Å². The normalized spacial score (nSPS) is 11.4. The molecule has 0 aliphatic rings. The zero-order valence-electron chi connectivity index (χ0n) is 16.0. The Morgan fingerprint density at radius 1 is 0.828 bits per heavy atom. The molecule has 0 aliphatic heterocycles. The Bertz CT molecular complexity index is 894. The number of esters is 2. The Kier molecular flexibility index (Phi) is 6.93. The number of hydrogen-bond acceptors (Lipinski definition) is 6. The van der Waals surface area contributed by atoms with Crippen molar-refractivity contribution in [1.82, 2.24) is 0 Å². The van der Waals surface area contributed by atoms with Gasteiger partial charge in [0.2, 0.25) is 3.79 Å². The smallest absolute Gasteiger partial charge is 0.341 e. The summed E-state index contributed by atoms with van der Waals surface area (Å²) in [5.41, 5.74) is 1.73. The van der Waals surface area contributed by atoms with Crippen molar-refractivity contribution in [3.63, 3.8) is 0 Å². The molecule has 2 rings (SSSR count). The zero-order chi connectivity index (χ0) is 22.1. The van der Waals surface area contributed by atoms with Crippen LogP contribution < -0.4 is 0 Å². The Balaban J connectivity index is 2.82. The van der Waals surface area contributed by atoms with E-state index in [2.05, 4.69) is 0 Å². The number of rotatable bonds is 4. The lowest BCUT2D eigenvalue weighted by molar-refractivity contribution is 0.0588. The molecule has 0 heterocycles. The summed E-state index contributed by atoms with van der Waals surface area (Å²) in [4.78, 5) is 24.1. The van der Waals surface area contributed by atoms with Gasteiger partial charge >= 0.3 is 11.9 Å². The van der Waals surface area contributed by atoms with Gasteiger partial charge in [-0.1, -0.05) is 34.8 Å². The Morgan fingerprint density at radius 3 is 1.45 bits per heavy atom. The highest BCUT2D eigenvalue weighted by Gasteiger charge is 2.38. The van der Waals surface area contributed by atoms with Gasteiger partial charge < -0.3 is 19.7 Å². The average molecular weight is 462 g/mol. The molecule has 0 spiro atoms. The van der Waals surface area contributed by atoms with Gasteiger partial charge in [-0.15, -0.1) is 0 Å². The molecular formula is C20H19Cl3O6. The van der Waals surface area contributed by atoms with Gasteiger partial charge in [0.25, 0.3) is 0 Å². The molecule has 0 unspecified atom stereocenters. The molecule has 0 aromatic heterocycles. The molecule has 29 heavy (non-hydrogen) atoms. The second-order valence-corrected chi connectivity index (χ2v) is 8.78. The van der Waals surface area contributed by atoms with Crippen LogP contribution in [0.4, 0.5) is 0 Å². The highest BCUT2D eigenvalue weighted by molar-refractivity contribution is 6.68. The maximum atomic E-state index is 12.0. The number of alkyl halides is 3. The van der Waals surface area contributed by atoms with Crippen LogP contribution in [0.25, 0.3) is 0 Å². The standard InChI is InChI=1S/C20H19Cl3O6/c1-9-5-15(24)13(18(26)28-3)7-11(9)17(20(21,22)23)12-8-14(19(27)29-4)16(25)6-10(12)2/h5-8,17,24-25H,1-4H3. The minimum absolute atomic E-state index is 0.100. The van der Waals surface area contributed by atoms with Gasteiger partial charge in [-0.25, -0.2) is 9.59 Å². The summed E-state index contributed by atoms with van der Waals surface area (Å²) >= 11 is 18.9. The number of aromatic hydroxyl groups is 2. The summed E-state index contributed by atoms with van der Waals surface area (Å²) in [7, 11) is 2.36. The van der Waals surface area contributed by atoms with Crippen molar-refractivity contribution in [2.75, 3.05) is 14.2 Å². The molecule has 0 radical (unpaired) electrons. The summed E-state index contributed by atoms with van der Waals surface area (Å²) in [5, 5.41) is 20.2. The van der Waals surface area contributed by atoms with Gasteiger partial charge in [0.1, 0.15) is 22.6 Å². The number of methoxy groups -OCH3 is 2. The number of phenolic OH excluding ortho intramolecular Hbond substituents is 2. The van der Waals surface area contributed by atoms with Crippen molar-refractivity contribution in [3.8, 4) is 11.5 Å². The third-order valence-corrected chi connectivity index (χ3v) is 5.18. The summed E-state index contributed by atoms with van der Waals surface area (Å²) in [6, 6.07) is 5.49. The van der Waals surface area contributed by atoms with E-state index in [9.17, 15) is 19.8 Å². The van der Waals surface area contributed by atoms with Gasteiger partial charge in [0.15, 0.2) is 0 Å². The number of hydrogen-bond donors (Lipinski definition) is 2. The first-order valence-corrected chi connectivity index (χ1v) is 9.46. The highest BCUT2D eigenvalue weighted by Crippen LogP contribution is 2.49. The third-order valence-electron chi connectivity index (χ3n) is 4.53. The summed E-state index contributed by atoms with van der Waals surface area (Å²) in [6.45, 7) is 3.35. The van der Waals surface area contributed by atoms with Crippen LogP contribution in [0.1, 0.15) is 48.9 Å². The number of benzene rings is 2. The van der Waals surface area contributed by atoms with Crippen LogP contribution in [0.15, 0.2) is 24.3 Å². The van der Waals surface area contributed by atoms with Crippen LogP contribution in [-0.4, -0.2) is 40.2 Å².